The predicted octanol–water partition coefficient (Wildman–Crippen LogP) is 2.92. The predicted molar refractivity (Wildman–Crippen MR) is 128 cm³/mol. The van der Waals surface area contributed by atoms with Gasteiger partial charge in [0.05, 0.1) is 18.3 Å². The van der Waals surface area contributed by atoms with E-state index in [1.807, 2.05) is 52.3 Å². The second kappa shape index (κ2) is 10.5. The van der Waals surface area contributed by atoms with Crippen LogP contribution in [0.25, 0.3) is 11.0 Å². The van der Waals surface area contributed by atoms with E-state index < -0.39 is 0 Å². The number of furan rings is 1. The Morgan fingerprint density at radius 3 is 2.77 bits per heavy atom. The molecule has 0 aliphatic carbocycles. The van der Waals surface area contributed by atoms with Crippen molar-refractivity contribution in [1.29, 1.82) is 0 Å². The number of para-hydroxylation sites is 1. The molecule has 1 N–H and O–H groups in total. The molecule has 1 fully saturated rings. The van der Waals surface area contributed by atoms with Gasteiger partial charge in [-0.2, -0.15) is 0 Å². The van der Waals surface area contributed by atoms with Gasteiger partial charge in [-0.3, -0.25) is 9.59 Å². The molecule has 0 unspecified atom stereocenters. The monoisotopic (exact) mass is 475 g/mol. The van der Waals surface area contributed by atoms with E-state index in [-0.39, 0.29) is 17.7 Å². The van der Waals surface area contributed by atoms with Gasteiger partial charge in [-0.15, -0.1) is 5.10 Å². The van der Waals surface area contributed by atoms with E-state index in [4.69, 9.17) is 4.42 Å². The molecule has 182 valence electrons. The zero-order valence-electron chi connectivity index (χ0n) is 19.5. The molecule has 0 atom stereocenters. The van der Waals surface area contributed by atoms with Crippen molar-refractivity contribution in [2.75, 3.05) is 13.1 Å². The number of imidazole rings is 1. The fraction of sp³-hybridized carbons (Fsp3) is 0.400. The first-order valence-corrected chi connectivity index (χ1v) is 12.0. The van der Waals surface area contributed by atoms with Gasteiger partial charge in [-0.25, -0.2) is 9.67 Å². The van der Waals surface area contributed by atoms with Gasteiger partial charge >= 0.3 is 0 Å². The van der Waals surface area contributed by atoms with Crippen molar-refractivity contribution in [3.05, 3.63) is 66.6 Å². The van der Waals surface area contributed by atoms with E-state index in [2.05, 4.69) is 25.2 Å². The van der Waals surface area contributed by atoms with Gasteiger partial charge < -0.3 is 19.2 Å². The summed E-state index contributed by atoms with van der Waals surface area (Å²) in [6.07, 6.45) is 8.36. The lowest BCUT2D eigenvalue weighted by Gasteiger charge is -2.32. The third-order valence-corrected chi connectivity index (χ3v) is 6.50. The minimum Gasteiger partial charge on any atom is -0.467 e. The van der Waals surface area contributed by atoms with Crippen molar-refractivity contribution in [2.45, 2.75) is 51.2 Å². The molecule has 0 spiro atoms. The number of carbonyl (C=O) groups excluding carboxylic acids is 2. The van der Waals surface area contributed by atoms with Gasteiger partial charge in [0.15, 0.2) is 0 Å². The molecule has 1 aromatic carbocycles. The molecule has 35 heavy (non-hydrogen) atoms. The summed E-state index contributed by atoms with van der Waals surface area (Å²) in [5.74, 6) is 2.06. The van der Waals surface area contributed by atoms with Crippen LogP contribution in [0.2, 0.25) is 0 Å². The number of likely N-dealkylation sites (tertiary alicyclic amines) is 1. The van der Waals surface area contributed by atoms with Crippen LogP contribution in [0.5, 0.6) is 0 Å². The van der Waals surface area contributed by atoms with Crippen molar-refractivity contribution in [3.8, 4) is 0 Å². The molecule has 10 heteroatoms. The Morgan fingerprint density at radius 2 is 1.94 bits per heavy atom. The average Bonchev–Trinajstić information content (AvgIpc) is 3.65. The van der Waals surface area contributed by atoms with Gasteiger partial charge in [0.25, 0.3) is 0 Å². The van der Waals surface area contributed by atoms with Gasteiger partial charge in [-0.1, -0.05) is 17.3 Å². The summed E-state index contributed by atoms with van der Waals surface area (Å²) in [6.45, 7) is 2.33. The molecular weight excluding hydrogens is 446 g/mol. The van der Waals surface area contributed by atoms with Crippen molar-refractivity contribution in [2.24, 2.45) is 0 Å². The van der Waals surface area contributed by atoms with Crippen LogP contribution in [0.1, 0.15) is 49.6 Å². The number of fused-ring (bicyclic) bond motifs is 1. The Bertz CT molecular complexity index is 1270. The molecule has 10 nitrogen and oxygen atoms in total. The number of hydrogen-bond acceptors (Lipinski definition) is 6. The average molecular weight is 476 g/mol. The second-order valence-electron chi connectivity index (χ2n) is 8.84. The summed E-state index contributed by atoms with van der Waals surface area (Å²) >= 11 is 0. The van der Waals surface area contributed by atoms with E-state index in [0.29, 0.717) is 51.3 Å². The molecule has 2 amide bonds. The van der Waals surface area contributed by atoms with Gasteiger partial charge in [-0.05, 0) is 43.5 Å². The van der Waals surface area contributed by atoms with Crippen molar-refractivity contribution in [3.63, 3.8) is 0 Å². The van der Waals surface area contributed by atoms with Crippen LogP contribution < -0.4 is 5.32 Å². The number of rotatable bonds is 9. The minimum absolute atomic E-state index is 0.0695. The number of nitrogens with one attached hydrogen (secondary N) is 1. The Labute approximate surface area is 202 Å². The van der Waals surface area contributed by atoms with E-state index >= 15 is 0 Å². The third-order valence-electron chi connectivity index (χ3n) is 6.50. The van der Waals surface area contributed by atoms with Gasteiger partial charge in [0, 0.05) is 44.2 Å². The Kier molecular flexibility index (Phi) is 6.87. The number of carbonyl (C=O) groups is 2. The highest BCUT2D eigenvalue weighted by Crippen LogP contribution is 2.27. The van der Waals surface area contributed by atoms with Crippen LogP contribution in [0.15, 0.2) is 59.5 Å². The first kappa shape index (κ1) is 22.8. The van der Waals surface area contributed by atoms with Crippen LogP contribution in [0, 0.1) is 0 Å². The maximum atomic E-state index is 12.7. The lowest BCUT2D eigenvalue weighted by Crippen LogP contribution is -2.38. The number of benzene rings is 1. The normalized spacial score (nSPS) is 14.5. The fourth-order valence-corrected chi connectivity index (χ4v) is 4.60. The Hall–Kier alpha value is -3.95. The molecule has 0 saturated carbocycles. The van der Waals surface area contributed by atoms with Crippen LogP contribution >= 0.6 is 0 Å². The zero-order chi connectivity index (χ0) is 24.0. The molecular formula is C25H29N7O3. The lowest BCUT2D eigenvalue weighted by molar-refractivity contribution is -0.132. The van der Waals surface area contributed by atoms with Crippen LogP contribution in [-0.4, -0.2) is 54.3 Å². The van der Waals surface area contributed by atoms with Crippen molar-refractivity contribution in [1.82, 2.24) is 34.8 Å². The Morgan fingerprint density at radius 1 is 1.09 bits per heavy atom. The molecule has 0 radical (unpaired) electrons. The molecule has 0 bridgehead atoms. The largest absolute Gasteiger partial charge is 0.467 e. The molecule has 3 aromatic heterocycles. The minimum atomic E-state index is -0.0695. The topological polar surface area (TPSA) is 111 Å². The highest BCUT2D eigenvalue weighted by atomic mass is 16.3. The maximum absolute atomic E-state index is 12.7. The molecule has 1 aliphatic rings. The number of nitrogens with zero attached hydrogens (tertiary/aromatic N) is 6. The highest BCUT2D eigenvalue weighted by Gasteiger charge is 2.26. The van der Waals surface area contributed by atoms with E-state index in [0.717, 1.165) is 29.7 Å². The lowest BCUT2D eigenvalue weighted by atomic mass is 9.95. The maximum Gasteiger partial charge on any atom is 0.222 e. The van der Waals surface area contributed by atoms with Crippen molar-refractivity contribution >= 4 is 22.8 Å². The fourth-order valence-electron chi connectivity index (χ4n) is 4.60. The molecule has 4 heterocycles. The molecule has 4 aromatic rings. The number of aromatic nitrogens is 5. The number of amides is 2. The quantitative estimate of drug-likeness (QED) is 0.398. The van der Waals surface area contributed by atoms with Gasteiger partial charge in [0.2, 0.25) is 11.8 Å². The molecule has 1 saturated heterocycles. The summed E-state index contributed by atoms with van der Waals surface area (Å²) in [4.78, 5) is 31.2. The number of piperidine rings is 1. The highest BCUT2D eigenvalue weighted by molar-refractivity contribution is 5.79. The summed E-state index contributed by atoms with van der Waals surface area (Å²) in [5, 5.41) is 11.3. The van der Waals surface area contributed by atoms with E-state index in [1.165, 1.54) is 0 Å². The zero-order valence-corrected chi connectivity index (χ0v) is 19.5. The van der Waals surface area contributed by atoms with Crippen LogP contribution in [0.3, 0.4) is 0 Å². The van der Waals surface area contributed by atoms with Gasteiger partial charge in [0.1, 0.15) is 23.8 Å². The Balaban J connectivity index is 1.08. The molecule has 5 rings (SSSR count). The summed E-state index contributed by atoms with van der Waals surface area (Å²) in [5.41, 5.74) is 1.86. The summed E-state index contributed by atoms with van der Waals surface area (Å²) in [6, 6.07) is 11.5. The second-order valence-corrected chi connectivity index (χ2v) is 8.84. The van der Waals surface area contributed by atoms with Crippen molar-refractivity contribution < 1.29 is 14.0 Å². The smallest absolute Gasteiger partial charge is 0.222 e. The first-order valence-electron chi connectivity index (χ1n) is 12.0. The molecule has 1 aliphatic heterocycles. The third kappa shape index (κ3) is 5.42. The first-order chi connectivity index (χ1) is 17.2. The van der Waals surface area contributed by atoms with E-state index in [1.54, 1.807) is 12.3 Å². The summed E-state index contributed by atoms with van der Waals surface area (Å²) in [7, 11) is 0. The summed E-state index contributed by atoms with van der Waals surface area (Å²) < 4.78 is 9.20. The SMILES string of the molecule is O=C(CCCC(=O)N1CCC(c2nccn2Cn2nnc3ccccc32)CC1)NCc1ccco1. The van der Waals surface area contributed by atoms with Crippen LogP contribution in [-0.2, 0) is 22.8 Å². The van der Waals surface area contributed by atoms with E-state index in [9.17, 15) is 9.59 Å². The van der Waals surface area contributed by atoms with Crippen LogP contribution in [0.4, 0.5) is 0 Å². The standard InChI is InChI=1S/C25H29N7O3/c33-23(27-17-20-5-4-16-35-20)8-3-9-24(34)30-13-10-19(11-14-30)25-26-12-15-31(25)18-32-22-7-2-1-6-21(22)28-29-32/h1-2,4-7,12,15-16,19H,3,8-11,13-14,17-18H2,(H,27,33). The number of hydrogen-bond donors (Lipinski definition) is 1.